The second kappa shape index (κ2) is 7.13. The Balaban J connectivity index is 2.62. The Morgan fingerprint density at radius 3 is 2.74 bits per heavy atom. The number of methoxy groups -OCH3 is 1. The highest BCUT2D eigenvalue weighted by atomic mass is 32.2. The van der Waals surface area contributed by atoms with Crippen molar-refractivity contribution in [3.8, 4) is 5.75 Å². The number of carbonyl (C=O) groups excluding carboxylic acids is 1. The minimum atomic E-state index is -0.841. The van der Waals surface area contributed by atoms with E-state index in [1.807, 2.05) is 6.92 Å². The summed E-state index contributed by atoms with van der Waals surface area (Å²) >= 11 is 0. The Labute approximate surface area is 116 Å². The molecule has 1 rings (SSSR count). The molecular formula is C13H20N2O3S. The average Bonchev–Trinajstić information content (AvgIpc) is 2.36. The van der Waals surface area contributed by atoms with Gasteiger partial charge in [0.1, 0.15) is 5.75 Å². The molecule has 2 unspecified atom stereocenters. The minimum absolute atomic E-state index is 0.0280. The standard InChI is InChI=1S/C13H20N2O3S/c1-9(6-7-19(3)17)15-13(16)10-4-5-12(18-2)11(14)8-10/h4-5,8-9H,6-7,14H2,1-3H3,(H,15,16). The van der Waals surface area contributed by atoms with Crippen LogP contribution in [0.4, 0.5) is 5.69 Å². The van der Waals surface area contributed by atoms with E-state index in [1.165, 1.54) is 7.11 Å². The van der Waals surface area contributed by atoms with Gasteiger partial charge < -0.3 is 15.8 Å². The Morgan fingerprint density at radius 2 is 2.21 bits per heavy atom. The lowest BCUT2D eigenvalue weighted by molar-refractivity contribution is 0.0939. The highest BCUT2D eigenvalue weighted by Crippen LogP contribution is 2.21. The summed E-state index contributed by atoms with van der Waals surface area (Å²) in [6.45, 7) is 1.89. The number of carbonyl (C=O) groups is 1. The van der Waals surface area contributed by atoms with E-state index >= 15 is 0 Å². The summed E-state index contributed by atoms with van der Waals surface area (Å²) in [5.74, 6) is 0.932. The topological polar surface area (TPSA) is 81.4 Å². The summed E-state index contributed by atoms with van der Waals surface area (Å²) in [6.07, 6.45) is 2.33. The van der Waals surface area contributed by atoms with E-state index in [1.54, 1.807) is 24.5 Å². The SMILES string of the molecule is COc1ccc(C(=O)NC(C)CCS(C)=O)cc1N. The molecule has 1 aromatic carbocycles. The van der Waals surface area contributed by atoms with Crippen LogP contribution in [0.15, 0.2) is 18.2 Å². The fourth-order valence-corrected chi connectivity index (χ4v) is 2.28. The molecule has 0 aliphatic carbocycles. The molecule has 0 bridgehead atoms. The van der Waals surface area contributed by atoms with Crippen LogP contribution in [0.5, 0.6) is 5.75 Å². The van der Waals surface area contributed by atoms with Crippen molar-refractivity contribution in [1.29, 1.82) is 0 Å². The molecule has 1 aromatic rings. The van der Waals surface area contributed by atoms with Gasteiger partial charge >= 0.3 is 0 Å². The largest absolute Gasteiger partial charge is 0.495 e. The third-order valence-corrected chi connectivity index (χ3v) is 3.52. The number of ether oxygens (including phenoxy) is 1. The van der Waals surface area contributed by atoms with Gasteiger partial charge in [0.05, 0.1) is 12.8 Å². The molecule has 6 heteroatoms. The average molecular weight is 284 g/mol. The summed E-state index contributed by atoms with van der Waals surface area (Å²) in [5.41, 5.74) is 6.67. The van der Waals surface area contributed by atoms with Crippen LogP contribution in [-0.4, -0.2) is 35.3 Å². The maximum atomic E-state index is 12.0. The van der Waals surface area contributed by atoms with Crippen LogP contribution in [-0.2, 0) is 10.8 Å². The fourth-order valence-electron chi connectivity index (χ4n) is 1.60. The molecule has 0 aromatic heterocycles. The maximum Gasteiger partial charge on any atom is 0.251 e. The van der Waals surface area contributed by atoms with Crippen LogP contribution >= 0.6 is 0 Å². The lowest BCUT2D eigenvalue weighted by atomic mass is 10.1. The number of nitrogens with one attached hydrogen (secondary N) is 1. The second-order valence-electron chi connectivity index (χ2n) is 4.40. The van der Waals surface area contributed by atoms with Crippen LogP contribution in [0.1, 0.15) is 23.7 Å². The first-order chi connectivity index (χ1) is 8.93. The highest BCUT2D eigenvalue weighted by Gasteiger charge is 2.11. The Kier molecular flexibility index (Phi) is 5.82. The molecule has 0 fully saturated rings. The molecule has 1 amide bonds. The number of hydrogen-bond donors (Lipinski definition) is 2. The minimum Gasteiger partial charge on any atom is -0.495 e. The summed E-state index contributed by atoms with van der Waals surface area (Å²) in [6, 6.07) is 4.88. The van der Waals surface area contributed by atoms with Gasteiger partial charge in [-0.2, -0.15) is 0 Å². The molecule has 0 saturated carbocycles. The number of rotatable bonds is 6. The van der Waals surface area contributed by atoms with Gasteiger partial charge in [0.25, 0.3) is 5.91 Å². The van der Waals surface area contributed by atoms with Crippen LogP contribution < -0.4 is 15.8 Å². The van der Waals surface area contributed by atoms with Gasteiger partial charge in [0.15, 0.2) is 0 Å². The normalized spacial score (nSPS) is 13.6. The third kappa shape index (κ3) is 4.90. The Hall–Kier alpha value is -1.56. The molecule has 0 saturated heterocycles. The number of benzene rings is 1. The first kappa shape index (κ1) is 15.5. The Bertz CT molecular complexity index is 477. The van der Waals surface area contributed by atoms with E-state index in [0.717, 1.165) is 0 Å². The van der Waals surface area contributed by atoms with E-state index in [-0.39, 0.29) is 11.9 Å². The molecule has 5 nitrogen and oxygen atoms in total. The van der Waals surface area contributed by atoms with Gasteiger partial charge in [-0.05, 0) is 31.5 Å². The molecule has 0 spiro atoms. The summed E-state index contributed by atoms with van der Waals surface area (Å²) < 4.78 is 16.0. The lowest BCUT2D eigenvalue weighted by Gasteiger charge is -2.14. The molecule has 0 heterocycles. The molecular weight excluding hydrogens is 264 g/mol. The predicted octanol–water partition coefficient (Wildman–Crippen LogP) is 1.16. The maximum absolute atomic E-state index is 12.0. The highest BCUT2D eigenvalue weighted by molar-refractivity contribution is 7.84. The van der Waals surface area contributed by atoms with Crippen LogP contribution in [0.3, 0.4) is 0 Å². The van der Waals surface area contributed by atoms with Crippen molar-refractivity contribution in [1.82, 2.24) is 5.32 Å². The fraction of sp³-hybridized carbons (Fsp3) is 0.462. The van der Waals surface area contributed by atoms with Crippen molar-refractivity contribution in [3.05, 3.63) is 23.8 Å². The summed E-state index contributed by atoms with van der Waals surface area (Å²) in [7, 11) is 0.685. The van der Waals surface area contributed by atoms with Crippen molar-refractivity contribution in [2.75, 3.05) is 24.9 Å². The van der Waals surface area contributed by atoms with Crippen LogP contribution in [0.25, 0.3) is 0 Å². The quantitative estimate of drug-likeness (QED) is 0.768. The van der Waals surface area contributed by atoms with Crippen LogP contribution in [0.2, 0.25) is 0 Å². The van der Waals surface area contributed by atoms with E-state index < -0.39 is 10.8 Å². The van der Waals surface area contributed by atoms with Gasteiger partial charge in [-0.3, -0.25) is 9.00 Å². The van der Waals surface area contributed by atoms with E-state index in [9.17, 15) is 9.00 Å². The van der Waals surface area contributed by atoms with E-state index in [4.69, 9.17) is 10.5 Å². The number of amides is 1. The number of nitrogen functional groups attached to an aromatic ring is 1. The van der Waals surface area contributed by atoms with Crippen LogP contribution in [0, 0.1) is 0 Å². The molecule has 0 radical (unpaired) electrons. The first-order valence-electron chi connectivity index (χ1n) is 5.98. The Morgan fingerprint density at radius 1 is 1.53 bits per heavy atom. The molecule has 2 atom stereocenters. The lowest BCUT2D eigenvalue weighted by Crippen LogP contribution is -2.33. The summed E-state index contributed by atoms with van der Waals surface area (Å²) in [5, 5.41) is 2.85. The third-order valence-electron chi connectivity index (χ3n) is 2.71. The molecule has 0 aliphatic rings. The molecule has 3 N–H and O–H groups in total. The van der Waals surface area contributed by atoms with Crippen molar-refractivity contribution < 1.29 is 13.7 Å². The van der Waals surface area contributed by atoms with Crippen molar-refractivity contribution in [2.45, 2.75) is 19.4 Å². The number of anilines is 1. The van der Waals surface area contributed by atoms with Gasteiger partial charge in [-0.1, -0.05) is 0 Å². The van der Waals surface area contributed by atoms with Crippen molar-refractivity contribution in [3.63, 3.8) is 0 Å². The van der Waals surface area contributed by atoms with Crippen molar-refractivity contribution in [2.24, 2.45) is 0 Å². The van der Waals surface area contributed by atoms with E-state index in [2.05, 4.69) is 5.32 Å². The first-order valence-corrected chi connectivity index (χ1v) is 7.71. The second-order valence-corrected chi connectivity index (χ2v) is 5.95. The number of nitrogens with two attached hydrogens (primary N) is 1. The van der Waals surface area contributed by atoms with Crippen molar-refractivity contribution >= 4 is 22.4 Å². The molecule has 0 aliphatic heterocycles. The smallest absolute Gasteiger partial charge is 0.251 e. The predicted molar refractivity (Wildman–Crippen MR) is 77.9 cm³/mol. The van der Waals surface area contributed by atoms with Gasteiger partial charge in [0, 0.05) is 34.4 Å². The summed E-state index contributed by atoms with van der Waals surface area (Å²) in [4.78, 5) is 12.0. The zero-order valence-corrected chi connectivity index (χ0v) is 12.3. The molecule has 19 heavy (non-hydrogen) atoms. The van der Waals surface area contributed by atoms with Gasteiger partial charge in [-0.25, -0.2) is 0 Å². The number of hydrogen-bond acceptors (Lipinski definition) is 4. The monoisotopic (exact) mass is 284 g/mol. The van der Waals surface area contributed by atoms with E-state index in [0.29, 0.717) is 29.2 Å². The van der Waals surface area contributed by atoms with Gasteiger partial charge in [-0.15, -0.1) is 0 Å². The zero-order chi connectivity index (χ0) is 14.4. The molecule has 106 valence electrons. The zero-order valence-electron chi connectivity index (χ0n) is 11.4. The van der Waals surface area contributed by atoms with Gasteiger partial charge in [0.2, 0.25) is 0 Å².